The molecule has 1 aromatic carbocycles. The highest BCUT2D eigenvalue weighted by atomic mass is 16.3. The van der Waals surface area contributed by atoms with Gasteiger partial charge in [0.1, 0.15) is 0 Å². The Balaban J connectivity index is 2.90. The summed E-state index contributed by atoms with van der Waals surface area (Å²) in [6, 6.07) is 9.82. The van der Waals surface area contributed by atoms with E-state index >= 15 is 0 Å². The van der Waals surface area contributed by atoms with E-state index in [4.69, 9.17) is 0 Å². The third kappa shape index (κ3) is 3.47. The highest BCUT2D eigenvalue weighted by Gasteiger charge is 2.28. The first-order chi connectivity index (χ1) is 7.58. The van der Waals surface area contributed by atoms with Crippen LogP contribution in [-0.4, -0.2) is 18.7 Å². The second kappa shape index (κ2) is 5.83. The quantitative estimate of drug-likeness (QED) is 0.720. The van der Waals surface area contributed by atoms with Crippen LogP contribution in [0.4, 0.5) is 0 Å². The predicted octanol–water partition coefficient (Wildman–Crippen LogP) is 2.45. The van der Waals surface area contributed by atoms with E-state index in [9.17, 15) is 5.11 Å². The van der Waals surface area contributed by atoms with E-state index < -0.39 is 5.60 Å². The number of benzene rings is 1. The summed E-state index contributed by atoms with van der Waals surface area (Å²) in [6.07, 6.45) is 1.30. The van der Waals surface area contributed by atoms with Gasteiger partial charge in [0.2, 0.25) is 0 Å². The minimum absolute atomic E-state index is 0.610. The van der Waals surface area contributed by atoms with Crippen molar-refractivity contribution < 1.29 is 5.11 Å². The van der Waals surface area contributed by atoms with Gasteiger partial charge in [-0.1, -0.05) is 35.9 Å². The molecule has 0 aliphatic heterocycles. The fraction of sp³-hybridized carbons (Fsp3) is 0.429. The molecule has 0 saturated carbocycles. The molecule has 0 radical (unpaired) electrons. The first-order valence-electron chi connectivity index (χ1n) is 5.65. The van der Waals surface area contributed by atoms with Gasteiger partial charge in [0.05, 0.1) is 5.60 Å². The molecule has 1 aromatic rings. The Kier molecular flexibility index (Phi) is 4.71. The summed E-state index contributed by atoms with van der Waals surface area (Å²) >= 11 is 0. The third-order valence-electron chi connectivity index (χ3n) is 2.69. The molecule has 1 atom stereocenters. The molecule has 2 N–H and O–H groups in total. The van der Waals surface area contributed by atoms with E-state index in [1.807, 2.05) is 44.3 Å². The van der Waals surface area contributed by atoms with Crippen LogP contribution in [0.15, 0.2) is 42.5 Å². The Hall–Kier alpha value is -1.12. The molecule has 1 rings (SSSR count). The van der Waals surface area contributed by atoms with E-state index in [-0.39, 0.29) is 0 Å². The average molecular weight is 219 g/mol. The van der Waals surface area contributed by atoms with Crippen molar-refractivity contribution in [2.24, 2.45) is 0 Å². The lowest BCUT2D eigenvalue weighted by Crippen LogP contribution is -2.30. The second-order valence-corrected chi connectivity index (χ2v) is 4.39. The highest BCUT2D eigenvalue weighted by molar-refractivity contribution is 5.24. The van der Waals surface area contributed by atoms with Gasteiger partial charge in [0.25, 0.3) is 0 Å². The zero-order valence-electron chi connectivity index (χ0n) is 10.2. The van der Waals surface area contributed by atoms with Crippen molar-refractivity contribution in [3.8, 4) is 0 Å². The van der Waals surface area contributed by atoms with E-state index in [1.165, 1.54) is 0 Å². The van der Waals surface area contributed by atoms with Gasteiger partial charge < -0.3 is 10.4 Å². The molecule has 2 heteroatoms. The lowest BCUT2D eigenvalue weighted by atomic mass is 9.85. The van der Waals surface area contributed by atoms with Crippen LogP contribution in [0.1, 0.15) is 25.3 Å². The zero-order chi connectivity index (χ0) is 12.0. The molecule has 0 saturated heterocycles. The maximum Gasteiger partial charge on any atom is 0.0945 e. The van der Waals surface area contributed by atoms with Gasteiger partial charge in [-0.25, -0.2) is 0 Å². The van der Waals surface area contributed by atoms with E-state index in [2.05, 4.69) is 11.9 Å². The van der Waals surface area contributed by atoms with Crippen molar-refractivity contribution in [2.45, 2.75) is 25.4 Å². The number of hydrogen-bond donors (Lipinski definition) is 2. The van der Waals surface area contributed by atoms with Crippen LogP contribution in [0.25, 0.3) is 0 Å². The Bertz CT molecular complexity index is 334. The molecule has 88 valence electrons. The fourth-order valence-corrected chi connectivity index (χ4v) is 1.91. The molecular weight excluding hydrogens is 198 g/mol. The summed E-state index contributed by atoms with van der Waals surface area (Å²) < 4.78 is 0. The van der Waals surface area contributed by atoms with Crippen LogP contribution < -0.4 is 5.32 Å². The molecule has 0 amide bonds. The monoisotopic (exact) mass is 219 g/mol. The molecular formula is C14H21NO. The van der Waals surface area contributed by atoms with Gasteiger partial charge in [-0.15, -0.1) is 6.58 Å². The number of hydrogen-bond acceptors (Lipinski definition) is 2. The van der Waals surface area contributed by atoms with Gasteiger partial charge in [-0.2, -0.15) is 0 Å². The molecule has 1 unspecified atom stereocenters. The molecule has 0 spiro atoms. The van der Waals surface area contributed by atoms with Crippen molar-refractivity contribution >= 4 is 0 Å². The summed E-state index contributed by atoms with van der Waals surface area (Å²) in [6.45, 7) is 6.64. The third-order valence-corrected chi connectivity index (χ3v) is 2.69. The topological polar surface area (TPSA) is 32.3 Å². The summed E-state index contributed by atoms with van der Waals surface area (Å²) in [5.41, 5.74) is 1.17. The fourth-order valence-electron chi connectivity index (χ4n) is 1.91. The number of nitrogens with one attached hydrogen (secondary N) is 1. The van der Waals surface area contributed by atoms with Crippen LogP contribution in [0, 0.1) is 0 Å². The highest BCUT2D eigenvalue weighted by Crippen LogP contribution is 2.30. The summed E-state index contributed by atoms with van der Waals surface area (Å²) in [5.74, 6) is 0. The molecule has 0 bridgehead atoms. The largest absolute Gasteiger partial charge is 0.385 e. The van der Waals surface area contributed by atoms with Gasteiger partial charge >= 0.3 is 0 Å². The first kappa shape index (κ1) is 12.9. The molecule has 16 heavy (non-hydrogen) atoms. The summed E-state index contributed by atoms with van der Waals surface area (Å²) in [4.78, 5) is 0. The molecule has 0 heterocycles. The second-order valence-electron chi connectivity index (χ2n) is 4.39. The Morgan fingerprint density at radius 1 is 1.38 bits per heavy atom. The summed E-state index contributed by atoms with van der Waals surface area (Å²) in [7, 11) is 1.90. The number of aliphatic hydroxyl groups is 1. The normalized spacial score (nSPS) is 14.4. The predicted molar refractivity (Wildman–Crippen MR) is 68.3 cm³/mol. The Labute approximate surface area is 98.0 Å². The SMILES string of the molecule is C=C(C)CC(O)(CCNC)c1ccccc1. The van der Waals surface area contributed by atoms with Crippen LogP contribution in [-0.2, 0) is 5.60 Å². The first-order valence-corrected chi connectivity index (χ1v) is 5.65. The lowest BCUT2D eigenvalue weighted by Gasteiger charge is -2.29. The van der Waals surface area contributed by atoms with Crippen molar-refractivity contribution in [1.82, 2.24) is 5.32 Å². The lowest BCUT2D eigenvalue weighted by molar-refractivity contribution is 0.0286. The minimum atomic E-state index is -0.796. The average Bonchev–Trinajstić information content (AvgIpc) is 2.27. The standard InChI is InChI=1S/C14H21NO/c1-12(2)11-14(16,9-10-15-3)13-7-5-4-6-8-13/h4-8,15-16H,1,9-11H2,2-3H3. The van der Waals surface area contributed by atoms with Crippen LogP contribution in [0.5, 0.6) is 0 Å². The van der Waals surface area contributed by atoms with E-state index in [0.717, 1.165) is 17.7 Å². The summed E-state index contributed by atoms with van der Waals surface area (Å²) in [5, 5.41) is 13.8. The molecule has 2 nitrogen and oxygen atoms in total. The van der Waals surface area contributed by atoms with Gasteiger partial charge in [0, 0.05) is 6.42 Å². The van der Waals surface area contributed by atoms with Gasteiger partial charge in [-0.05, 0) is 32.5 Å². The number of rotatable bonds is 6. The minimum Gasteiger partial charge on any atom is -0.385 e. The maximum atomic E-state index is 10.7. The van der Waals surface area contributed by atoms with Gasteiger partial charge in [0.15, 0.2) is 0 Å². The molecule has 0 aliphatic carbocycles. The van der Waals surface area contributed by atoms with Crippen molar-refractivity contribution in [3.63, 3.8) is 0 Å². The Morgan fingerprint density at radius 2 is 2.00 bits per heavy atom. The van der Waals surface area contributed by atoms with Crippen LogP contribution >= 0.6 is 0 Å². The Morgan fingerprint density at radius 3 is 2.50 bits per heavy atom. The van der Waals surface area contributed by atoms with Crippen LogP contribution in [0.2, 0.25) is 0 Å². The van der Waals surface area contributed by atoms with E-state index in [0.29, 0.717) is 12.8 Å². The molecule has 0 fully saturated rings. The van der Waals surface area contributed by atoms with Crippen molar-refractivity contribution in [3.05, 3.63) is 48.0 Å². The molecule has 0 aliphatic rings. The molecule has 0 aromatic heterocycles. The smallest absolute Gasteiger partial charge is 0.0945 e. The zero-order valence-corrected chi connectivity index (χ0v) is 10.2. The van der Waals surface area contributed by atoms with Crippen LogP contribution in [0.3, 0.4) is 0 Å². The maximum absolute atomic E-state index is 10.7. The van der Waals surface area contributed by atoms with Crippen molar-refractivity contribution in [2.75, 3.05) is 13.6 Å². The van der Waals surface area contributed by atoms with Gasteiger partial charge in [-0.3, -0.25) is 0 Å². The van der Waals surface area contributed by atoms with Crippen molar-refractivity contribution in [1.29, 1.82) is 0 Å². The van der Waals surface area contributed by atoms with E-state index in [1.54, 1.807) is 0 Å².